The summed E-state index contributed by atoms with van der Waals surface area (Å²) in [6, 6.07) is 2.68. The van der Waals surface area contributed by atoms with Crippen LogP contribution in [0.25, 0.3) is 0 Å². The minimum atomic E-state index is -0.271. The van der Waals surface area contributed by atoms with Gasteiger partial charge >= 0.3 is 0 Å². The van der Waals surface area contributed by atoms with E-state index in [1.54, 1.807) is 6.92 Å². The summed E-state index contributed by atoms with van der Waals surface area (Å²) in [7, 11) is 0. The van der Waals surface area contributed by atoms with E-state index in [4.69, 9.17) is 0 Å². The summed E-state index contributed by atoms with van der Waals surface area (Å²) in [6.45, 7) is 3.98. The molecule has 0 bridgehead atoms. The van der Waals surface area contributed by atoms with Gasteiger partial charge in [-0.1, -0.05) is 11.3 Å². The van der Waals surface area contributed by atoms with Crippen molar-refractivity contribution in [2.45, 2.75) is 33.2 Å². The van der Waals surface area contributed by atoms with Crippen LogP contribution in [0.5, 0.6) is 5.75 Å². The fourth-order valence-corrected chi connectivity index (χ4v) is 2.53. The number of hydrogen-bond acceptors (Lipinski definition) is 6. The number of anilines is 1. The first kappa shape index (κ1) is 15.2. The van der Waals surface area contributed by atoms with Gasteiger partial charge in [-0.3, -0.25) is 9.59 Å². The number of aromatic nitrogens is 3. The lowest BCUT2D eigenvalue weighted by atomic mass is 10.2. The van der Waals surface area contributed by atoms with Crippen LogP contribution in [-0.2, 0) is 11.3 Å². The average molecular weight is 308 g/mol. The second-order valence-electron chi connectivity index (χ2n) is 4.62. The van der Waals surface area contributed by atoms with Gasteiger partial charge < -0.3 is 15.0 Å². The molecule has 0 fully saturated rings. The predicted molar refractivity (Wildman–Crippen MR) is 79.6 cm³/mol. The summed E-state index contributed by atoms with van der Waals surface area (Å²) < 4.78 is 1.53. The summed E-state index contributed by atoms with van der Waals surface area (Å²) in [5, 5.41) is 20.9. The zero-order valence-corrected chi connectivity index (χ0v) is 12.6. The summed E-state index contributed by atoms with van der Waals surface area (Å²) in [5.74, 6) is -0.200. The topological polar surface area (TPSA) is 97.1 Å². The zero-order valence-electron chi connectivity index (χ0n) is 11.8. The quantitative estimate of drug-likeness (QED) is 0.871. The van der Waals surface area contributed by atoms with Crippen molar-refractivity contribution in [1.29, 1.82) is 0 Å². The predicted octanol–water partition coefficient (Wildman–Crippen LogP) is 1.44. The van der Waals surface area contributed by atoms with Crippen molar-refractivity contribution in [3.8, 4) is 5.75 Å². The number of aryl methyl sites for hydroxylation is 2. The SMILES string of the molecule is Cc1nnc(NC(=O)CCCn2c(C)cc(O)cc2=O)s1. The molecule has 0 aliphatic carbocycles. The largest absolute Gasteiger partial charge is 0.508 e. The molecule has 2 N–H and O–H groups in total. The van der Waals surface area contributed by atoms with E-state index >= 15 is 0 Å². The standard InChI is InChI=1S/C13H16N4O3S/c1-8-6-10(18)7-12(20)17(8)5-3-4-11(19)14-13-16-15-9(2)21-13/h6-7,18H,3-5H2,1-2H3,(H,14,16,19). The molecule has 2 rings (SSSR count). The van der Waals surface area contributed by atoms with E-state index in [1.807, 2.05) is 6.92 Å². The van der Waals surface area contributed by atoms with Crippen molar-refractivity contribution in [3.05, 3.63) is 33.2 Å². The highest BCUT2D eigenvalue weighted by molar-refractivity contribution is 7.15. The molecule has 1 amide bonds. The Bertz CT molecular complexity index is 708. The van der Waals surface area contributed by atoms with E-state index < -0.39 is 0 Å². The molecule has 8 heteroatoms. The van der Waals surface area contributed by atoms with Gasteiger partial charge in [0.1, 0.15) is 10.8 Å². The third kappa shape index (κ3) is 4.12. The molecule has 2 heterocycles. The number of pyridine rings is 1. The number of aromatic hydroxyl groups is 1. The molecule has 0 aliphatic rings. The normalized spacial score (nSPS) is 10.6. The van der Waals surface area contributed by atoms with Crippen molar-refractivity contribution in [2.75, 3.05) is 5.32 Å². The Balaban J connectivity index is 1.87. The van der Waals surface area contributed by atoms with Crippen LogP contribution in [0.2, 0.25) is 0 Å². The van der Waals surface area contributed by atoms with Gasteiger partial charge in [-0.15, -0.1) is 10.2 Å². The maximum absolute atomic E-state index is 11.7. The molecule has 21 heavy (non-hydrogen) atoms. The molecule has 0 saturated carbocycles. The molecular weight excluding hydrogens is 292 g/mol. The van der Waals surface area contributed by atoms with Gasteiger partial charge in [0, 0.05) is 24.7 Å². The lowest BCUT2D eigenvalue weighted by Crippen LogP contribution is -2.22. The van der Waals surface area contributed by atoms with E-state index in [1.165, 1.54) is 22.0 Å². The molecule has 7 nitrogen and oxygen atoms in total. The van der Waals surface area contributed by atoms with Crippen molar-refractivity contribution in [1.82, 2.24) is 14.8 Å². The Hall–Kier alpha value is -2.22. The van der Waals surface area contributed by atoms with Gasteiger partial charge in [0.2, 0.25) is 11.0 Å². The van der Waals surface area contributed by atoms with Crippen molar-refractivity contribution in [2.24, 2.45) is 0 Å². The minimum absolute atomic E-state index is 0.0434. The highest BCUT2D eigenvalue weighted by Gasteiger charge is 2.08. The highest BCUT2D eigenvalue weighted by Crippen LogP contribution is 2.14. The molecule has 0 atom stereocenters. The molecule has 0 aromatic carbocycles. The second-order valence-corrected chi connectivity index (χ2v) is 5.80. The third-order valence-corrected chi connectivity index (χ3v) is 3.63. The van der Waals surface area contributed by atoms with Crippen LogP contribution >= 0.6 is 11.3 Å². The first-order valence-electron chi connectivity index (χ1n) is 6.46. The number of carbonyl (C=O) groups is 1. The van der Waals surface area contributed by atoms with E-state index in [-0.39, 0.29) is 23.6 Å². The highest BCUT2D eigenvalue weighted by atomic mass is 32.1. The molecule has 0 spiro atoms. The van der Waals surface area contributed by atoms with Crippen LogP contribution in [0.15, 0.2) is 16.9 Å². The van der Waals surface area contributed by atoms with Crippen LogP contribution < -0.4 is 10.9 Å². The second kappa shape index (κ2) is 6.49. The van der Waals surface area contributed by atoms with Gasteiger partial charge in [0.15, 0.2) is 0 Å². The molecule has 0 saturated heterocycles. The van der Waals surface area contributed by atoms with E-state index in [2.05, 4.69) is 15.5 Å². The number of amides is 1. The van der Waals surface area contributed by atoms with Crippen LogP contribution in [0.1, 0.15) is 23.5 Å². The van der Waals surface area contributed by atoms with E-state index in [0.717, 1.165) is 11.1 Å². The molecule has 2 aromatic heterocycles. The monoisotopic (exact) mass is 308 g/mol. The summed E-state index contributed by atoms with van der Waals surface area (Å²) >= 11 is 1.32. The lowest BCUT2D eigenvalue weighted by Gasteiger charge is -2.09. The Labute approximate surface area is 125 Å². The number of carbonyl (C=O) groups excluding carboxylic acids is 1. The first-order chi connectivity index (χ1) is 9.95. The molecular formula is C13H16N4O3S. The van der Waals surface area contributed by atoms with Crippen LogP contribution in [0.3, 0.4) is 0 Å². The van der Waals surface area contributed by atoms with Gasteiger partial charge in [0.25, 0.3) is 5.56 Å². The van der Waals surface area contributed by atoms with Crippen LogP contribution in [0.4, 0.5) is 5.13 Å². The Kier molecular flexibility index (Phi) is 4.69. The number of hydrogen-bond donors (Lipinski definition) is 2. The fraction of sp³-hybridized carbons (Fsp3) is 0.385. The maximum Gasteiger partial charge on any atom is 0.254 e. The van der Waals surface area contributed by atoms with Gasteiger partial charge in [0.05, 0.1) is 0 Å². The van der Waals surface area contributed by atoms with Crippen molar-refractivity contribution in [3.63, 3.8) is 0 Å². The lowest BCUT2D eigenvalue weighted by molar-refractivity contribution is -0.116. The number of rotatable bonds is 5. The molecule has 0 radical (unpaired) electrons. The van der Waals surface area contributed by atoms with E-state index in [9.17, 15) is 14.7 Å². The average Bonchev–Trinajstić information content (AvgIpc) is 2.78. The molecule has 0 unspecified atom stereocenters. The van der Waals surface area contributed by atoms with Crippen molar-refractivity contribution < 1.29 is 9.90 Å². The minimum Gasteiger partial charge on any atom is -0.508 e. The Morgan fingerprint density at radius 3 is 2.76 bits per heavy atom. The Morgan fingerprint density at radius 2 is 2.14 bits per heavy atom. The maximum atomic E-state index is 11.7. The molecule has 0 aliphatic heterocycles. The summed E-state index contributed by atoms with van der Waals surface area (Å²) in [6.07, 6.45) is 0.806. The van der Waals surface area contributed by atoms with Crippen LogP contribution in [-0.4, -0.2) is 25.8 Å². The van der Waals surface area contributed by atoms with Crippen LogP contribution in [0, 0.1) is 13.8 Å². The fourth-order valence-electron chi connectivity index (χ4n) is 1.92. The number of nitrogens with zero attached hydrogens (tertiary/aromatic N) is 3. The summed E-state index contributed by atoms with van der Waals surface area (Å²) in [5.41, 5.74) is 0.396. The van der Waals surface area contributed by atoms with Crippen molar-refractivity contribution >= 4 is 22.4 Å². The Morgan fingerprint density at radius 1 is 1.38 bits per heavy atom. The van der Waals surface area contributed by atoms with Gasteiger partial charge in [-0.25, -0.2) is 0 Å². The first-order valence-corrected chi connectivity index (χ1v) is 7.28. The summed E-state index contributed by atoms with van der Waals surface area (Å²) in [4.78, 5) is 23.5. The third-order valence-electron chi connectivity index (χ3n) is 2.88. The number of nitrogens with one attached hydrogen (secondary N) is 1. The van der Waals surface area contributed by atoms with Gasteiger partial charge in [-0.05, 0) is 26.3 Å². The molecule has 2 aromatic rings. The zero-order chi connectivity index (χ0) is 15.4. The molecule has 112 valence electrons. The van der Waals surface area contributed by atoms with Gasteiger partial charge in [-0.2, -0.15) is 0 Å². The smallest absolute Gasteiger partial charge is 0.254 e. The van der Waals surface area contributed by atoms with E-state index in [0.29, 0.717) is 23.8 Å².